The van der Waals surface area contributed by atoms with Crippen LogP contribution >= 0.6 is 11.8 Å². The van der Waals surface area contributed by atoms with Crippen LogP contribution in [0.1, 0.15) is 47.5 Å². The van der Waals surface area contributed by atoms with Crippen molar-refractivity contribution < 1.29 is 24.3 Å². The van der Waals surface area contributed by atoms with Crippen LogP contribution in [0.15, 0.2) is 0 Å². The predicted octanol–water partition coefficient (Wildman–Crippen LogP) is 0.328. The molecule has 0 aromatic heterocycles. The molecule has 0 heterocycles. The number of thioether (sulfide) groups is 1. The molecular formula is C19H36N4O5S. The van der Waals surface area contributed by atoms with Crippen LogP contribution in [0.4, 0.5) is 0 Å². The molecule has 9 nitrogen and oxygen atoms in total. The van der Waals surface area contributed by atoms with Gasteiger partial charge in [0.2, 0.25) is 17.7 Å². The molecule has 6 N–H and O–H groups in total. The number of nitrogens with one attached hydrogen (secondary N) is 3. The highest BCUT2D eigenvalue weighted by Crippen LogP contribution is 2.09. The fourth-order valence-electron chi connectivity index (χ4n) is 2.43. The van der Waals surface area contributed by atoms with Gasteiger partial charge >= 0.3 is 5.97 Å². The summed E-state index contributed by atoms with van der Waals surface area (Å²) in [5.41, 5.74) is 5.87. The molecule has 0 aromatic carbocycles. The van der Waals surface area contributed by atoms with Crippen molar-refractivity contribution in [2.45, 2.75) is 71.6 Å². The molecule has 0 saturated heterocycles. The summed E-state index contributed by atoms with van der Waals surface area (Å²) in [6.07, 6.45) is 2.58. The fraction of sp³-hybridized carbons (Fsp3) is 0.789. The van der Waals surface area contributed by atoms with Crippen molar-refractivity contribution in [2.24, 2.45) is 17.6 Å². The van der Waals surface area contributed by atoms with Crippen LogP contribution in [-0.2, 0) is 19.2 Å². The van der Waals surface area contributed by atoms with Gasteiger partial charge in [0.15, 0.2) is 0 Å². The van der Waals surface area contributed by atoms with E-state index in [1.165, 1.54) is 18.7 Å². The van der Waals surface area contributed by atoms with Crippen LogP contribution < -0.4 is 21.7 Å². The molecule has 0 aliphatic carbocycles. The van der Waals surface area contributed by atoms with E-state index in [2.05, 4.69) is 16.0 Å². The molecule has 3 amide bonds. The highest BCUT2D eigenvalue weighted by atomic mass is 32.2. The normalized spacial score (nSPS) is 15.3. The van der Waals surface area contributed by atoms with Gasteiger partial charge in [-0.15, -0.1) is 0 Å². The molecule has 4 unspecified atom stereocenters. The SMILES string of the molecule is CSCCC(NC(=O)C(CC(C)C)NC(=O)C(N)C(C)C)C(=O)NC(C)C(=O)O. The maximum atomic E-state index is 12.8. The van der Waals surface area contributed by atoms with Gasteiger partial charge in [0.1, 0.15) is 18.1 Å². The van der Waals surface area contributed by atoms with E-state index in [0.717, 1.165) is 0 Å². The third-order valence-corrected chi connectivity index (χ3v) is 4.98. The van der Waals surface area contributed by atoms with Gasteiger partial charge in [-0.2, -0.15) is 11.8 Å². The molecule has 0 aromatic rings. The molecule has 0 aliphatic heterocycles. The zero-order valence-electron chi connectivity index (χ0n) is 18.2. The molecule has 0 saturated carbocycles. The highest BCUT2D eigenvalue weighted by Gasteiger charge is 2.30. The van der Waals surface area contributed by atoms with Gasteiger partial charge in [0, 0.05) is 0 Å². The van der Waals surface area contributed by atoms with E-state index >= 15 is 0 Å². The highest BCUT2D eigenvalue weighted by molar-refractivity contribution is 7.98. The summed E-state index contributed by atoms with van der Waals surface area (Å²) in [5.74, 6) is -2.03. The number of nitrogens with two attached hydrogens (primary N) is 1. The van der Waals surface area contributed by atoms with Crippen molar-refractivity contribution in [3.05, 3.63) is 0 Å². The molecule has 4 atom stereocenters. The Morgan fingerprint density at radius 1 is 0.897 bits per heavy atom. The van der Waals surface area contributed by atoms with E-state index in [4.69, 9.17) is 10.8 Å². The number of carbonyl (C=O) groups is 4. The van der Waals surface area contributed by atoms with Crippen molar-refractivity contribution in [1.29, 1.82) is 0 Å². The van der Waals surface area contributed by atoms with Crippen molar-refractivity contribution in [1.82, 2.24) is 16.0 Å². The standard InChI is InChI=1S/C19H36N4O5S/c1-10(2)9-14(23-18(26)15(20)11(3)4)17(25)22-13(7-8-29-6)16(24)21-12(5)19(27)28/h10-15H,7-9,20H2,1-6H3,(H,21,24)(H,22,25)(H,23,26)(H,27,28). The third-order valence-electron chi connectivity index (χ3n) is 4.33. The molecule has 168 valence electrons. The maximum Gasteiger partial charge on any atom is 0.325 e. The summed E-state index contributed by atoms with van der Waals surface area (Å²) in [4.78, 5) is 48.6. The Bertz CT molecular complexity index is 571. The number of hydrogen-bond acceptors (Lipinski definition) is 6. The van der Waals surface area contributed by atoms with Gasteiger partial charge in [-0.25, -0.2) is 0 Å². The first kappa shape index (κ1) is 27.2. The smallest absolute Gasteiger partial charge is 0.325 e. The van der Waals surface area contributed by atoms with Crippen LogP contribution in [0.25, 0.3) is 0 Å². The average molecular weight is 433 g/mol. The van der Waals surface area contributed by atoms with Crippen LogP contribution in [0, 0.1) is 11.8 Å². The van der Waals surface area contributed by atoms with Crippen LogP contribution in [0.2, 0.25) is 0 Å². The summed E-state index contributed by atoms with van der Waals surface area (Å²) in [6, 6.07) is -3.56. The van der Waals surface area contributed by atoms with Gasteiger partial charge < -0.3 is 26.8 Å². The molecule has 0 aliphatic rings. The Balaban J connectivity index is 5.30. The summed E-state index contributed by atoms with van der Waals surface area (Å²) in [5, 5.41) is 16.7. The van der Waals surface area contributed by atoms with E-state index in [1.54, 1.807) is 0 Å². The number of amides is 3. The van der Waals surface area contributed by atoms with Crippen LogP contribution in [0.5, 0.6) is 0 Å². The first-order valence-electron chi connectivity index (χ1n) is 9.79. The minimum atomic E-state index is -1.17. The van der Waals surface area contributed by atoms with Gasteiger partial charge in [-0.05, 0) is 43.6 Å². The summed E-state index contributed by atoms with van der Waals surface area (Å²) in [6.45, 7) is 8.81. The first-order chi connectivity index (χ1) is 13.4. The number of carbonyl (C=O) groups excluding carboxylic acids is 3. The second kappa shape index (κ2) is 13.4. The Labute approximate surface area is 177 Å². The number of rotatable bonds is 13. The first-order valence-corrected chi connectivity index (χ1v) is 11.2. The van der Waals surface area contributed by atoms with Crippen molar-refractivity contribution in [2.75, 3.05) is 12.0 Å². The lowest BCUT2D eigenvalue weighted by atomic mass is 10.00. The van der Waals surface area contributed by atoms with Crippen molar-refractivity contribution in [3.8, 4) is 0 Å². The van der Waals surface area contributed by atoms with E-state index in [0.29, 0.717) is 18.6 Å². The van der Waals surface area contributed by atoms with Crippen molar-refractivity contribution in [3.63, 3.8) is 0 Å². The molecular weight excluding hydrogens is 396 g/mol. The second-order valence-electron chi connectivity index (χ2n) is 7.87. The lowest BCUT2D eigenvalue weighted by Crippen LogP contribution is -2.57. The van der Waals surface area contributed by atoms with Gasteiger partial charge in [0.05, 0.1) is 6.04 Å². The predicted molar refractivity (Wildman–Crippen MR) is 114 cm³/mol. The number of carboxylic acids is 1. The Morgan fingerprint density at radius 3 is 1.86 bits per heavy atom. The quantitative estimate of drug-likeness (QED) is 0.281. The van der Waals surface area contributed by atoms with E-state index in [9.17, 15) is 19.2 Å². The third kappa shape index (κ3) is 10.5. The van der Waals surface area contributed by atoms with Crippen LogP contribution in [0.3, 0.4) is 0 Å². The topological polar surface area (TPSA) is 151 Å². The fourth-order valence-corrected chi connectivity index (χ4v) is 2.90. The number of carboxylic acid groups (broad SMARTS) is 1. The minimum absolute atomic E-state index is 0.0876. The Kier molecular flexibility index (Phi) is 12.6. The molecule has 0 bridgehead atoms. The molecule has 0 spiro atoms. The molecule has 0 radical (unpaired) electrons. The monoisotopic (exact) mass is 432 g/mol. The summed E-state index contributed by atoms with van der Waals surface area (Å²) < 4.78 is 0. The molecule has 0 fully saturated rings. The molecule has 10 heteroatoms. The summed E-state index contributed by atoms with van der Waals surface area (Å²) >= 11 is 1.50. The summed E-state index contributed by atoms with van der Waals surface area (Å²) in [7, 11) is 0. The van der Waals surface area contributed by atoms with Gasteiger partial charge in [-0.3, -0.25) is 19.2 Å². The Morgan fingerprint density at radius 2 is 1.41 bits per heavy atom. The zero-order chi connectivity index (χ0) is 22.7. The molecule has 29 heavy (non-hydrogen) atoms. The average Bonchev–Trinajstić information content (AvgIpc) is 2.62. The largest absolute Gasteiger partial charge is 0.480 e. The maximum absolute atomic E-state index is 12.8. The molecule has 0 rings (SSSR count). The van der Waals surface area contributed by atoms with Crippen LogP contribution in [-0.4, -0.2) is 65.0 Å². The number of hydrogen-bond donors (Lipinski definition) is 5. The van der Waals surface area contributed by atoms with Gasteiger partial charge in [-0.1, -0.05) is 27.7 Å². The van der Waals surface area contributed by atoms with E-state index < -0.39 is 47.9 Å². The zero-order valence-corrected chi connectivity index (χ0v) is 19.0. The van der Waals surface area contributed by atoms with E-state index in [1.807, 2.05) is 34.0 Å². The minimum Gasteiger partial charge on any atom is -0.480 e. The lowest BCUT2D eigenvalue weighted by molar-refractivity contribution is -0.141. The second-order valence-corrected chi connectivity index (χ2v) is 8.86. The lowest BCUT2D eigenvalue weighted by Gasteiger charge is -2.26. The van der Waals surface area contributed by atoms with Crippen molar-refractivity contribution >= 4 is 35.5 Å². The van der Waals surface area contributed by atoms with E-state index in [-0.39, 0.29) is 11.8 Å². The Hall–Kier alpha value is -1.81. The number of aliphatic carboxylic acids is 1. The van der Waals surface area contributed by atoms with Gasteiger partial charge in [0.25, 0.3) is 0 Å².